The van der Waals surface area contributed by atoms with E-state index in [4.69, 9.17) is 18.9 Å². The first kappa shape index (κ1) is 28.1. The Morgan fingerprint density at radius 2 is 1.59 bits per heavy atom. The SMILES string of the molecule is CCCOc1ccc(/C(O)=C2\C(=O)C(=O)N(CCCOC)C2c2ccc(OCCC)c(OCC)c2)cc1. The third-order valence-electron chi connectivity index (χ3n) is 5.93. The Labute approximate surface area is 218 Å². The van der Waals surface area contributed by atoms with Gasteiger partial charge in [0.05, 0.1) is 31.4 Å². The molecule has 0 aliphatic carbocycles. The van der Waals surface area contributed by atoms with Crippen LogP contribution in [-0.2, 0) is 14.3 Å². The summed E-state index contributed by atoms with van der Waals surface area (Å²) < 4.78 is 22.4. The van der Waals surface area contributed by atoms with Crippen LogP contribution in [0, 0.1) is 0 Å². The number of amides is 1. The zero-order valence-electron chi connectivity index (χ0n) is 22.1. The average molecular weight is 512 g/mol. The molecule has 1 N–H and O–H groups in total. The molecule has 1 unspecified atom stereocenters. The number of ether oxygens (including phenoxy) is 4. The first-order chi connectivity index (χ1) is 18.0. The summed E-state index contributed by atoms with van der Waals surface area (Å²) in [5.41, 5.74) is 1.11. The minimum atomic E-state index is -0.785. The quantitative estimate of drug-likeness (QED) is 0.163. The third kappa shape index (κ3) is 6.63. The van der Waals surface area contributed by atoms with Gasteiger partial charge in [0.2, 0.25) is 0 Å². The van der Waals surface area contributed by atoms with E-state index in [0.717, 1.165) is 12.8 Å². The molecule has 2 aromatic rings. The number of carbonyl (C=O) groups is 2. The summed E-state index contributed by atoms with van der Waals surface area (Å²) in [6.45, 7) is 8.18. The number of aliphatic hydroxyl groups excluding tert-OH is 1. The van der Waals surface area contributed by atoms with Gasteiger partial charge in [0, 0.05) is 25.8 Å². The summed E-state index contributed by atoms with van der Waals surface area (Å²) in [6.07, 6.45) is 2.26. The number of carbonyl (C=O) groups excluding carboxylic acids is 2. The highest BCUT2D eigenvalue weighted by Gasteiger charge is 2.46. The van der Waals surface area contributed by atoms with Crippen LogP contribution in [0.1, 0.15) is 57.2 Å². The number of benzene rings is 2. The Balaban J connectivity index is 2.08. The summed E-state index contributed by atoms with van der Waals surface area (Å²) in [5, 5.41) is 11.3. The van der Waals surface area contributed by atoms with Crippen molar-refractivity contribution in [2.45, 2.75) is 46.1 Å². The molecule has 1 saturated heterocycles. The molecule has 1 aliphatic rings. The predicted octanol–water partition coefficient (Wildman–Crippen LogP) is 5.12. The highest BCUT2D eigenvalue weighted by Crippen LogP contribution is 2.42. The number of ketones is 1. The lowest BCUT2D eigenvalue weighted by Crippen LogP contribution is -2.31. The van der Waals surface area contributed by atoms with Crippen molar-refractivity contribution in [1.29, 1.82) is 0 Å². The average Bonchev–Trinajstić information content (AvgIpc) is 3.16. The van der Waals surface area contributed by atoms with Crippen molar-refractivity contribution in [3.8, 4) is 17.2 Å². The molecule has 0 radical (unpaired) electrons. The maximum Gasteiger partial charge on any atom is 0.295 e. The molecule has 2 aromatic carbocycles. The van der Waals surface area contributed by atoms with Gasteiger partial charge in [-0.2, -0.15) is 0 Å². The highest BCUT2D eigenvalue weighted by atomic mass is 16.5. The Kier molecular flexibility index (Phi) is 10.4. The number of rotatable bonds is 14. The van der Waals surface area contributed by atoms with E-state index in [1.165, 1.54) is 4.90 Å². The van der Waals surface area contributed by atoms with E-state index in [-0.39, 0.29) is 11.3 Å². The fraction of sp³-hybridized carbons (Fsp3) is 0.448. The number of hydrogen-bond donors (Lipinski definition) is 1. The zero-order chi connectivity index (χ0) is 26.8. The molecule has 0 aromatic heterocycles. The molecule has 0 saturated carbocycles. The second kappa shape index (κ2) is 13.7. The Bertz CT molecular complexity index is 1090. The van der Waals surface area contributed by atoms with Gasteiger partial charge in [0.25, 0.3) is 11.7 Å². The van der Waals surface area contributed by atoms with Crippen molar-refractivity contribution >= 4 is 17.4 Å². The first-order valence-electron chi connectivity index (χ1n) is 12.9. The number of aliphatic hydroxyl groups is 1. The second-order valence-electron chi connectivity index (χ2n) is 8.70. The lowest BCUT2D eigenvalue weighted by molar-refractivity contribution is -0.140. The Hall–Kier alpha value is -3.52. The van der Waals surface area contributed by atoms with Crippen molar-refractivity contribution in [3.63, 3.8) is 0 Å². The van der Waals surface area contributed by atoms with Gasteiger partial charge < -0.3 is 29.0 Å². The van der Waals surface area contributed by atoms with Crippen molar-refractivity contribution in [3.05, 3.63) is 59.2 Å². The van der Waals surface area contributed by atoms with E-state index in [2.05, 4.69) is 0 Å². The lowest BCUT2D eigenvalue weighted by Gasteiger charge is -2.26. The number of hydrogen-bond acceptors (Lipinski definition) is 7. The van der Waals surface area contributed by atoms with Gasteiger partial charge in [-0.15, -0.1) is 0 Å². The van der Waals surface area contributed by atoms with Crippen molar-refractivity contribution < 1.29 is 33.6 Å². The molecule has 1 aliphatic heterocycles. The van der Waals surface area contributed by atoms with E-state index in [1.807, 2.05) is 26.8 Å². The Morgan fingerprint density at radius 1 is 0.892 bits per heavy atom. The Morgan fingerprint density at radius 3 is 2.24 bits per heavy atom. The van der Waals surface area contributed by atoms with Crippen LogP contribution in [0.4, 0.5) is 0 Å². The van der Waals surface area contributed by atoms with Gasteiger partial charge >= 0.3 is 0 Å². The second-order valence-corrected chi connectivity index (χ2v) is 8.70. The molecule has 1 heterocycles. The minimum Gasteiger partial charge on any atom is -0.507 e. The molecule has 3 rings (SSSR count). The summed E-state index contributed by atoms with van der Waals surface area (Å²) in [4.78, 5) is 27.9. The van der Waals surface area contributed by atoms with Crippen molar-refractivity contribution in [2.24, 2.45) is 0 Å². The molecule has 1 fully saturated rings. The van der Waals surface area contributed by atoms with E-state index < -0.39 is 17.7 Å². The number of nitrogens with zero attached hydrogens (tertiary/aromatic N) is 1. The van der Waals surface area contributed by atoms with Gasteiger partial charge in [-0.3, -0.25) is 9.59 Å². The largest absolute Gasteiger partial charge is 0.507 e. The zero-order valence-corrected chi connectivity index (χ0v) is 22.1. The fourth-order valence-electron chi connectivity index (χ4n) is 4.22. The fourth-order valence-corrected chi connectivity index (χ4v) is 4.22. The number of Topliss-reactive ketones (excluding diaryl/α,β-unsaturated/α-hetero) is 1. The van der Waals surface area contributed by atoms with Gasteiger partial charge in [0.15, 0.2) is 11.5 Å². The van der Waals surface area contributed by atoms with E-state index >= 15 is 0 Å². The molecule has 8 nitrogen and oxygen atoms in total. The van der Waals surface area contributed by atoms with Crippen molar-refractivity contribution in [1.82, 2.24) is 4.90 Å². The third-order valence-corrected chi connectivity index (χ3v) is 5.93. The smallest absolute Gasteiger partial charge is 0.295 e. The van der Waals surface area contributed by atoms with Crippen LogP contribution in [0.3, 0.4) is 0 Å². The maximum atomic E-state index is 13.3. The normalized spacial score (nSPS) is 16.8. The first-order valence-corrected chi connectivity index (χ1v) is 12.9. The van der Waals surface area contributed by atoms with Crippen LogP contribution in [0.5, 0.6) is 17.2 Å². The molecule has 200 valence electrons. The van der Waals surface area contributed by atoms with Crippen molar-refractivity contribution in [2.75, 3.05) is 40.1 Å². The van der Waals surface area contributed by atoms with Crippen LogP contribution in [0.25, 0.3) is 5.76 Å². The van der Waals surface area contributed by atoms with E-state index in [0.29, 0.717) is 67.8 Å². The monoisotopic (exact) mass is 511 g/mol. The molecule has 1 amide bonds. The number of methoxy groups -OCH3 is 1. The maximum absolute atomic E-state index is 13.3. The van der Waals surface area contributed by atoms with Crippen LogP contribution >= 0.6 is 0 Å². The molecule has 37 heavy (non-hydrogen) atoms. The van der Waals surface area contributed by atoms with Gasteiger partial charge in [-0.1, -0.05) is 19.9 Å². The topological polar surface area (TPSA) is 94.5 Å². The van der Waals surface area contributed by atoms with E-state index in [1.54, 1.807) is 43.5 Å². The molecule has 8 heteroatoms. The summed E-state index contributed by atoms with van der Waals surface area (Å²) in [6, 6.07) is 11.4. The van der Waals surface area contributed by atoms with Crippen LogP contribution in [0.15, 0.2) is 48.0 Å². The highest BCUT2D eigenvalue weighted by molar-refractivity contribution is 6.46. The predicted molar refractivity (Wildman–Crippen MR) is 141 cm³/mol. The van der Waals surface area contributed by atoms with Crippen LogP contribution < -0.4 is 14.2 Å². The van der Waals surface area contributed by atoms with Gasteiger partial charge in [-0.05, 0) is 68.1 Å². The summed E-state index contributed by atoms with van der Waals surface area (Å²) >= 11 is 0. The molecule has 1 atom stereocenters. The molecular weight excluding hydrogens is 474 g/mol. The van der Waals surface area contributed by atoms with Gasteiger partial charge in [0.1, 0.15) is 11.5 Å². The van der Waals surface area contributed by atoms with Crippen LogP contribution in [0.2, 0.25) is 0 Å². The molecule has 0 bridgehead atoms. The minimum absolute atomic E-state index is 0.0364. The summed E-state index contributed by atoms with van der Waals surface area (Å²) in [7, 11) is 1.59. The molecule has 0 spiro atoms. The standard InChI is InChI=1S/C29H37NO7/c1-5-16-36-22-12-9-20(10-13-22)27(31)25-26(30(15-8-18-34-4)29(33)28(25)32)21-11-14-23(37-17-6-2)24(19-21)35-7-3/h9-14,19,26,31H,5-8,15-18H2,1-4H3/b27-25+. The van der Waals surface area contributed by atoms with E-state index in [9.17, 15) is 14.7 Å². The molecular formula is C29H37NO7. The summed E-state index contributed by atoms with van der Waals surface area (Å²) in [5.74, 6) is 0.160. The number of likely N-dealkylation sites (tertiary alicyclic amines) is 1. The van der Waals surface area contributed by atoms with Gasteiger partial charge in [-0.25, -0.2) is 0 Å². The van der Waals surface area contributed by atoms with Crippen LogP contribution in [-0.4, -0.2) is 61.8 Å². The lowest BCUT2D eigenvalue weighted by atomic mass is 9.95.